The van der Waals surface area contributed by atoms with Crippen molar-refractivity contribution in [3.8, 4) is 0 Å². The van der Waals surface area contributed by atoms with Crippen molar-refractivity contribution in [3.63, 3.8) is 0 Å². The second-order valence-corrected chi connectivity index (χ2v) is 6.04. The smallest absolute Gasteiger partial charge is 0.108 e. The van der Waals surface area contributed by atoms with Crippen LogP contribution in [0.5, 0.6) is 0 Å². The summed E-state index contributed by atoms with van der Waals surface area (Å²) in [6.07, 6.45) is 6.14. The molecular weight excluding hydrogens is 272 g/mol. The van der Waals surface area contributed by atoms with Gasteiger partial charge in [-0.2, -0.15) is 0 Å². The number of H-pyrrole nitrogens is 1. The molecule has 0 aliphatic carbocycles. The van der Waals surface area contributed by atoms with E-state index in [1.165, 1.54) is 28.0 Å². The SMILES string of the molecule is CCc1nccn1CCN1CCc2c([nH]c3ccccc23)C1. The summed E-state index contributed by atoms with van der Waals surface area (Å²) in [6.45, 7) is 6.44. The first-order valence-electron chi connectivity index (χ1n) is 8.16. The van der Waals surface area contributed by atoms with Crippen LogP contribution in [-0.4, -0.2) is 32.5 Å². The molecule has 0 saturated heterocycles. The number of nitrogens with zero attached hydrogens (tertiary/aromatic N) is 3. The molecule has 4 nitrogen and oxygen atoms in total. The van der Waals surface area contributed by atoms with E-state index in [0.29, 0.717) is 0 Å². The first-order valence-corrected chi connectivity index (χ1v) is 8.16. The van der Waals surface area contributed by atoms with Crippen LogP contribution < -0.4 is 0 Å². The molecule has 0 radical (unpaired) electrons. The standard InChI is InChI=1S/C18H22N4/c1-2-18-19-8-10-22(18)12-11-21-9-7-15-14-5-3-4-6-16(14)20-17(15)13-21/h3-6,8,10,20H,2,7,9,11-13H2,1H3. The first kappa shape index (κ1) is 13.6. The summed E-state index contributed by atoms with van der Waals surface area (Å²) >= 11 is 0. The lowest BCUT2D eigenvalue weighted by atomic mass is 10.0. The zero-order valence-electron chi connectivity index (χ0n) is 13.0. The third-order valence-electron chi connectivity index (χ3n) is 4.74. The van der Waals surface area contributed by atoms with Gasteiger partial charge in [-0.1, -0.05) is 25.1 Å². The quantitative estimate of drug-likeness (QED) is 0.803. The highest BCUT2D eigenvalue weighted by Crippen LogP contribution is 2.27. The van der Waals surface area contributed by atoms with Crippen molar-refractivity contribution in [3.05, 3.63) is 53.7 Å². The van der Waals surface area contributed by atoms with Gasteiger partial charge in [0.05, 0.1) is 0 Å². The van der Waals surface area contributed by atoms with E-state index < -0.39 is 0 Å². The molecule has 4 heteroatoms. The summed E-state index contributed by atoms with van der Waals surface area (Å²) in [7, 11) is 0. The van der Waals surface area contributed by atoms with Crippen LogP contribution in [-0.2, 0) is 25.9 Å². The number of benzene rings is 1. The predicted molar refractivity (Wildman–Crippen MR) is 88.9 cm³/mol. The predicted octanol–water partition coefficient (Wildman–Crippen LogP) is 2.99. The van der Waals surface area contributed by atoms with Gasteiger partial charge in [-0.05, 0) is 18.1 Å². The van der Waals surface area contributed by atoms with E-state index in [1.54, 1.807) is 0 Å². The Balaban J connectivity index is 1.48. The number of aromatic amines is 1. The molecule has 22 heavy (non-hydrogen) atoms. The molecule has 3 heterocycles. The number of imidazole rings is 1. The minimum atomic E-state index is 0.999. The molecule has 2 aromatic heterocycles. The van der Waals surface area contributed by atoms with Crippen molar-refractivity contribution in [1.29, 1.82) is 0 Å². The third-order valence-corrected chi connectivity index (χ3v) is 4.74. The molecule has 114 valence electrons. The molecule has 0 amide bonds. The number of aromatic nitrogens is 3. The Bertz CT molecular complexity index is 783. The second-order valence-electron chi connectivity index (χ2n) is 6.04. The molecule has 1 aliphatic rings. The van der Waals surface area contributed by atoms with Crippen molar-refractivity contribution in [1.82, 2.24) is 19.4 Å². The van der Waals surface area contributed by atoms with Crippen LogP contribution >= 0.6 is 0 Å². The van der Waals surface area contributed by atoms with Gasteiger partial charge in [-0.15, -0.1) is 0 Å². The second kappa shape index (κ2) is 5.61. The number of rotatable bonds is 4. The van der Waals surface area contributed by atoms with E-state index in [9.17, 15) is 0 Å². The highest BCUT2D eigenvalue weighted by molar-refractivity contribution is 5.84. The third kappa shape index (κ3) is 2.33. The Morgan fingerprint density at radius 1 is 1.23 bits per heavy atom. The summed E-state index contributed by atoms with van der Waals surface area (Å²) in [6, 6.07) is 8.65. The van der Waals surface area contributed by atoms with Gasteiger partial charge in [0.25, 0.3) is 0 Å². The zero-order valence-corrected chi connectivity index (χ0v) is 13.0. The van der Waals surface area contributed by atoms with Gasteiger partial charge in [0.1, 0.15) is 5.82 Å². The van der Waals surface area contributed by atoms with Gasteiger partial charge in [0, 0.05) is 61.6 Å². The van der Waals surface area contributed by atoms with E-state index in [4.69, 9.17) is 0 Å². The molecule has 0 saturated carbocycles. The van der Waals surface area contributed by atoms with Crippen LogP contribution in [0.15, 0.2) is 36.7 Å². The molecule has 1 N–H and O–H groups in total. The monoisotopic (exact) mass is 294 g/mol. The fourth-order valence-corrected chi connectivity index (χ4v) is 3.55. The van der Waals surface area contributed by atoms with Crippen molar-refractivity contribution in [2.24, 2.45) is 0 Å². The van der Waals surface area contributed by atoms with Crippen LogP contribution in [0.3, 0.4) is 0 Å². The number of nitrogens with one attached hydrogen (secondary N) is 1. The Morgan fingerprint density at radius 3 is 3.05 bits per heavy atom. The minimum absolute atomic E-state index is 0.999. The normalized spacial score (nSPS) is 15.3. The van der Waals surface area contributed by atoms with Crippen LogP contribution in [0.1, 0.15) is 24.0 Å². The Labute approximate surface area is 130 Å². The average Bonchev–Trinajstić information content (AvgIpc) is 3.16. The van der Waals surface area contributed by atoms with Gasteiger partial charge < -0.3 is 9.55 Å². The van der Waals surface area contributed by atoms with Gasteiger partial charge in [0.2, 0.25) is 0 Å². The molecular formula is C18H22N4. The largest absolute Gasteiger partial charge is 0.357 e. The number of fused-ring (bicyclic) bond motifs is 3. The molecule has 0 bridgehead atoms. The topological polar surface area (TPSA) is 36.9 Å². The number of hydrogen-bond acceptors (Lipinski definition) is 2. The summed E-state index contributed by atoms with van der Waals surface area (Å²) in [5.41, 5.74) is 4.19. The van der Waals surface area contributed by atoms with Crippen molar-refractivity contribution >= 4 is 10.9 Å². The van der Waals surface area contributed by atoms with Gasteiger partial charge in [-0.25, -0.2) is 4.98 Å². The Morgan fingerprint density at radius 2 is 2.14 bits per heavy atom. The van der Waals surface area contributed by atoms with Gasteiger partial charge in [-0.3, -0.25) is 4.90 Å². The lowest BCUT2D eigenvalue weighted by Gasteiger charge is -2.27. The van der Waals surface area contributed by atoms with Gasteiger partial charge in [0.15, 0.2) is 0 Å². The van der Waals surface area contributed by atoms with Crippen LogP contribution in [0, 0.1) is 0 Å². The van der Waals surface area contributed by atoms with Gasteiger partial charge >= 0.3 is 0 Å². The molecule has 0 fully saturated rings. The minimum Gasteiger partial charge on any atom is -0.357 e. The Kier molecular flexibility index (Phi) is 3.47. The molecule has 0 atom stereocenters. The fourth-order valence-electron chi connectivity index (χ4n) is 3.55. The molecule has 1 aromatic carbocycles. The maximum atomic E-state index is 4.40. The lowest BCUT2D eigenvalue weighted by molar-refractivity contribution is 0.241. The lowest BCUT2D eigenvalue weighted by Crippen LogP contribution is -2.33. The fraction of sp³-hybridized carbons (Fsp3) is 0.389. The summed E-state index contributed by atoms with van der Waals surface area (Å²) in [5, 5.41) is 1.40. The number of hydrogen-bond donors (Lipinski definition) is 1. The molecule has 4 rings (SSSR count). The zero-order chi connectivity index (χ0) is 14.9. The molecule has 3 aromatic rings. The van der Waals surface area contributed by atoms with E-state index in [0.717, 1.165) is 39.0 Å². The highest BCUT2D eigenvalue weighted by atomic mass is 15.2. The molecule has 0 unspecified atom stereocenters. The van der Waals surface area contributed by atoms with Crippen LogP contribution in [0.25, 0.3) is 10.9 Å². The maximum Gasteiger partial charge on any atom is 0.108 e. The van der Waals surface area contributed by atoms with E-state index in [2.05, 4.69) is 56.8 Å². The summed E-state index contributed by atoms with van der Waals surface area (Å²) in [5.74, 6) is 1.18. The summed E-state index contributed by atoms with van der Waals surface area (Å²) < 4.78 is 2.28. The van der Waals surface area contributed by atoms with E-state index >= 15 is 0 Å². The highest BCUT2D eigenvalue weighted by Gasteiger charge is 2.20. The number of para-hydroxylation sites is 1. The molecule has 0 spiro atoms. The van der Waals surface area contributed by atoms with Crippen LogP contribution in [0.4, 0.5) is 0 Å². The number of aryl methyl sites for hydroxylation is 1. The van der Waals surface area contributed by atoms with E-state index in [-0.39, 0.29) is 0 Å². The maximum absolute atomic E-state index is 4.40. The van der Waals surface area contributed by atoms with Crippen molar-refractivity contribution < 1.29 is 0 Å². The van der Waals surface area contributed by atoms with Crippen LogP contribution in [0.2, 0.25) is 0 Å². The Hall–Kier alpha value is -2.07. The van der Waals surface area contributed by atoms with Crippen molar-refractivity contribution in [2.45, 2.75) is 32.9 Å². The molecule has 1 aliphatic heterocycles. The average molecular weight is 294 g/mol. The van der Waals surface area contributed by atoms with Crippen molar-refractivity contribution in [2.75, 3.05) is 13.1 Å². The first-order chi connectivity index (χ1) is 10.8. The summed E-state index contributed by atoms with van der Waals surface area (Å²) in [4.78, 5) is 10.5. The van der Waals surface area contributed by atoms with E-state index in [1.807, 2.05) is 6.20 Å².